The average molecular weight is 773 g/mol. The molecule has 0 spiro atoms. The van der Waals surface area contributed by atoms with Crippen LogP contribution in [0.4, 0.5) is 0 Å². The second-order valence-electron chi connectivity index (χ2n) is 11.7. The van der Waals surface area contributed by atoms with Gasteiger partial charge in [0.2, 0.25) is 0 Å². The van der Waals surface area contributed by atoms with Crippen LogP contribution in [0, 0.1) is 0 Å². The summed E-state index contributed by atoms with van der Waals surface area (Å²) in [5, 5.41) is 10.2. The van der Waals surface area contributed by atoms with Crippen molar-refractivity contribution < 1.29 is 28.8 Å². The number of benzene rings is 3. The Hall–Kier alpha value is -3.00. The molecule has 0 unspecified atom stereocenters. The van der Waals surface area contributed by atoms with Gasteiger partial charge in [0, 0.05) is 52.5 Å². The van der Waals surface area contributed by atoms with Gasteiger partial charge in [-0.25, -0.2) is 9.97 Å². The van der Waals surface area contributed by atoms with Crippen LogP contribution in [0.25, 0.3) is 22.1 Å². The van der Waals surface area contributed by atoms with Crippen LogP contribution in [0.5, 0.6) is 11.5 Å². The predicted octanol–water partition coefficient (Wildman–Crippen LogP) is 7.88. The van der Waals surface area contributed by atoms with Gasteiger partial charge in [0.15, 0.2) is 11.5 Å². The van der Waals surface area contributed by atoms with Gasteiger partial charge in [-0.05, 0) is 87.4 Å². The zero-order valence-electron chi connectivity index (χ0n) is 26.7. The van der Waals surface area contributed by atoms with E-state index in [1.54, 1.807) is 14.2 Å². The predicted molar refractivity (Wildman–Crippen MR) is 187 cm³/mol. The van der Waals surface area contributed by atoms with Gasteiger partial charge < -0.3 is 37.9 Å². The largest absolute Gasteiger partial charge is 0.504 e. The molecule has 2 aliphatic heterocycles. The Morgan fingerprint density at radius 3 is 1.79 bits per heavy atom. The Morgan fingerprint density at radius 2 is 1.23 bits per heavy atom. The Labute approximate surface area is 291 Å². The van der Waals surface area contributed by atoms with Gasteiger partial charge in [-0.2, -0.15) is 0 Å². The molecule has 2 saturated heterocycles. The molecule has 12 heteroatoms. The fourth-order valence-corrected chi connectivity index (χ4v) is 7.02. The first-order chi connectivity index (χ1) is 23.0. The maximum atomic E-state index is 10.2. The van der Waals surface area contributed by atoms with Gasteiger partial charge in [-0.15, -0.1) is 0 Å². The first-order valence-corrected chi connectivity index (χ1v) is 17.4. The molecule has 1 N–H and O–H groups in total. The number of hydrogen-bond donors (Lipinski definition) is 1. The highest BCUT2D eigenvalue weighted by Gasteiger charge is 2.26. The number of hydrogen-bond acceptors (Lipinski definition) is 8. The molecule has 250 valence electrons. The smallest absolute Gasteiger partial charge is 0.161 e. The molecule has 0 atom stereocenters. The van der Waals surface area contributed by atoms with Gasteiger partial charge in [-0.1, -0.05) is 30.3 Å². The monoisotopic (exact) mass is 770 g/mol. The molecule has 4 heterocycles. The summed E-state index contributed by atoms with van der Waals surface area (Å²) in [6, 6.07) is 18.0. The molecule has 0 amide bonds. The molecule has 2 fully saturated rings. The highest BCUT2D eigenvalue weighted by Crippen LogP contribution is 2.38. The number of phenolic OH excluding ortho intramolecular Hbond substituents is 1. The number of ether oxygens (including phenoxy) is 5. The Morgan fingerprint density at radius 1 is 0.723 bits per heavy atom. The molecule has 7 rings (SSSR count). The molecule has 0 saturated carbocycles. The summed E-state index contributed by atoms with van der Waals surface area (Å²) in [6.45, 7) is 4.49. The van der Waals surface area contributed by atoms with Crippen LogP contribution < -0.4 is 4.74 Å². The summed E-state index contributed by atoms with van der Waals surface area (Å²) in [7, 11) is 3.38. The van der Waals surface area contributed by atoms with Gasteiger partial charge in [0.25, 0.3) is 0 Å². The fourth-order valence-electron chi connectivity index (χ4n) is 6.26. The zero-order chi connectivity index (χ0) is 32.8. The van der Waals surface area contributed by atoms with Gasteiger partial charge in [0.05, 0.1) is 20.0 Å². The molecule has 5 aromatic rings. The maximum Gasteiger partial charge on any atom is 0.161 e. The van der Waals surface area contributed by atoms with Crippen LogP contribution in [0.15, 0.2) is 63.5 Å². The Kier molecular flexibility index (Phi) is 11.5. The van der Waals surface area contributed by atoms with Gasteiger partial charge in [-0.3, -0.25) is 0 Å². The lowest BCUT2D eigenvalue weighted by molar-refractivity contribution is 0.0788. The first kappa shape index (κ1) is 33.9. The quantitative estimate of drug-likeness (QED) is 0.162. The van der Waals surface area contributed by atoms with Crippen molar-refractivity contribution >= 4 is 53.9 Å². The van der Waals surface area contributed by atoms with Crippen LogP contribution in [0.2, 0.25) is 0 Å². The lowest BCUT2D eigenvalue weighted by Crippen LogP contribution is -2.18. The SMILES string of the molecule is COCn1c(C2CCOCC2)nc2c(O)c(Br)ccc21.COCn1c(C2CCOCC2)nc2c(OCc3ccccc3)c(Br)ccc21. The summed E-state index contributed by atoms with van der Waals surface area (Å²) in [6.07, 6.45) is 3.87. The van der Waals surface area contributed by atoms with Crippen molar-refractivity contribution in [1.29, 1.82) is 0 Å². The van der Waals surface area contributed by atoms with Crippen molar-refractivity contribution in [3.63, 3.8) is 0 Å². The number of methoxy groups -OCH3 is 2. The number of aromatic hydroxyl groups is 1. The van der Waals surface area contributed by atoms with E-state index in [0.29, 0.717) is 41.9 Å². The van der Waals surface area contributed by atoms with Crippen molar-refractivity contribution in [2.75, 3.05) is 40.6 Å². The molecule has 47 heavy (non-hydrogen) atoms. The first-order valence-electron chi connectivity index (χ1n) is 15.9. The van der Waals surface area contributed by atoms with Crippen LogP contribution in [0.1, 0.15) is 54.7 Å². The molecule has 2 aliphatic rings. The van der Waals surface area contributed by atoms with Crippen LogP contribution in [-0.2, 0) is 39.0 Å². The van der Waals surface area contributed by atoms with Gasteiger partial charge in [0.1, 0.15) is 42.8 Å². The molecule has 3 aromatic carbocycles. The van der Waals surface area contributed by atoms with E-state index in [1.807, 2.05) is 41.0 Å². The molecular formula is C35H40Br2N4O6. The van der Waals surface area contributed by atoms with E-state index in [2.05, 4.69) is 59.6 Å². The van der Waals surface area contributed by atoms with Crippen molar-refractivity contribution in [3.8, 4) is 11.5 Å². The van der Waals surface area contributed by atoms with Crippen LogP contribution in [0.3, 0.4) is 0 Å². The van der Waals surface area contributed by atoms with Crippen LogP contribution in [-0.4, -0.2) is 64.9 Å². The highest BCUT2D eigenvalue weighted by molar-refractivity contribution is 9.11. The number of aromatic nitrogens is 4. The molecule has 0 aliphatic carbocycles. The summed E-state index contributed by atoms with van der Waals surface area (Å²) >= 11 is 6.97. The zero-order valence-corrected chi connectivity index (χ0v) is 29.8. The van der Waals surface area contributed by atoms with E-state index in [1.165, 1.54) is 0 Å². The number of rotatable bonds is 9. The molecule has 0 radical (unpaired) electrons. The molecular weight excluding hydrogens is 732 g/mol. The maximum absolute atomic E-state index is 10.2. The normalized spacial score (nSPS) is 16.0. The standard InChI is InChI=1S/C21H23BrN2O3.C14H17BrN2O3/c1-25-14-24-18-8-7-17(22)20(27-13-15-5-3-2-4-6-15)19(18)23-21(24)16-9-11-26-12-10-16;1-19-8-17-11-3-2-10(15)13(18)12(11)16-14(17)9-4-6-20-7-5-9/h2-8,16H,9-14H2,1H3;2-3,9,18H,4-8H2,1H3. The second kappa shape index (κ2) is 15.9. The Balaban J connectivity index is 0.000000172. The van der Waals surface area contributed by atoms with Gasteiger partial charge >= 0.3 is 0 Å². The number of fused-ring (bicyclic) bond motifs is 2. The van der Waals surface area contributed by atoms with E-state index in [9.17, 15) is 5.11 Å². The Bertz CT molecular complexity index is 1780. The van der Waals surface area contributed by atoms with Crippen molar-refractivity contribution in [1.82, 2.24) is 19.1 Å². The molecule has 2 aromatic heterocycles. The van der Waals surface area contributed by atoms with E-state index in [0.717, 1.165) is 96.1 Å². The van der Waals surface area contributed by atoms with E-state index in [-0.39, 0.29) is 5.75 Å². The fraction of sp³-hybridized carbons (Fsp3) is 0.429. The average Bonchev–Trinajstić information content (AvgIpc) is 3.67. The number of imidazole rings is 2. The van der Waals surface area contributed by atoms with Crippen LogP contribution >= 0.6 is 31.9 Å². The number of phenols is 1. The molecule has 0 bridgehead atoms. The summed E-state index contributed by atoms with van der Waals surface area (Å²) in [5.41, 5.74) is 4.55. The van der Waals surface area contributed by atoms with E-state index < -0.39 is 0 Å². The number of nitrogens with zero attached hydrogens (tertiary/aromatic N) is 4. The minimum absolute atomic E-state index is 0.186. The van der Waals surface area contributed by atoms with Crippen molar-refractivity contribution in [2.45, 2.75) is 57.6 Å². The highest BCUT2D eigenvalue weighted by atomic mass is 79.9. The van der Waals surface area contributed by atoms with Crippen molar-refractivity contribution in [2.24, 2.45) is 0 Å². The summed E-state index contributed by atoms with van der Waals surface area (Å²) < 4.78 is 33.6. The summed E-state index contributed by atoms with van der Waals surface area (Å²) in [5.74, 6) is 3.72. The summed E-state index contributed by atoms with van der Waals surface area (Å²) in [4.78, 5) is 9.66. The lowest BCUT2D eigenvalue weighted by Gasteiger charge is -2.22. The van der Waals surface area contributed by atoms with Crippen molar-refractivity contribution in [3.05, 3.63) is 80.8 Å². The lowest BCUT2D eigenvalue weighted by atomic mass is 9.99. The van der Waals surface area contributed by atoms with E-state index >= 15 is 0 Å². The minimum Gasteiger partial charge on any atom is -0.504 e. The second-order valence-corrected chi connectivity index (χ2v) is 13.4. The minimum atomic E-state index is 0.186. The number of halogens is 2. The third kappa shape index (κ3) is 7.53. The third-order valence-corrected chi connectivity index (χ3v) is 9.91. The third-order valence-electron chi connectivity index (χ3n) is 8.65. The van der Waals surface area contributed by atoms with E-state index in [4.69, 9.17) is 28.7 Å². The molecule has 10 nitrogen and oxygen atoms in total. The topological polar surface area (TPSA) is 102 Å².